The average Bonchev–Trinajstić information content (AvgIpc) is 2.86. The number of halogens is 1. The molecule has 1 amide bonds. The number of benzene rings is 1. The van der Waals surface area contributed by atoms with Crippen molar-refractivity contribution in [1.82, 2.24) is 4.90 Å². The van der Waals surface area contributed by atoms with Crippen molar-refractivity contribution >= 4 is 27.5 Å². The molecule has 1 aliphatic rings. The lowest BCUT2D eigenvalue weighted by Crippen LogP contribution is -2.30. The quantitative estimate of drug-likeness (QED) is 0.674. The number of nitro benzene ring substituents is 1. The number of carbonyl (C=O) groups excluding carboxylic acids is 1. The van der Waals surface area contributed by atoms with E-state index in [1.807, 2.05) is 0 Å². The summed E-state index contributed by atoms with van der Waals surface area (Å²) in [6, 6.07) is 4.22. The number of non-ortho nitro benzene ring substituents is 1. The molecular formula is C13H15BrN2O4. The molecule has 0 saturated carbocycles. The fraction of sp³-hybridized carbons (Fsp3) is 0.462. The summed E-state index contributed by atoms with van der Waals surface area (Å²) >= 11 is 3.18. The highest BCUT2D eigenvalue weighted by molar-refractivity contribution is 9.10. The van der Waals surface area contributed by atoms with Crippen LogP contribution in [0.1, 0.15) is 23.7 Å². The van der Waals surface area contributed by atoms with Gasteiger partial charge in [0.25, 0.3) is 11.6 Å². The summed E-state index contributed by atoms with van der Waals surface area (Å²) in [7, 11) is 0. The first-order chi connectivity index (χ1) is 9.38. The summed E-state index contributed by atoms with van der Waals surface area (Å²) < 4.78 is 0.501. The van der Waals surface area contributed by atoms with Crippen molar-refractivity contribution in [2.24, 2.45) is 5.92 Å². The SMILES string of the molecule is CC(O)C1CCN(C(=O)c2cc(Br)cc([N+](=O)[O-])c2)C1. The van der Waals surface area contributed by atoms with Gasteiger partial charge >= 0.3 is 0 Å². The lowest BCUT2D eigenvalue weighted by atomic mass is 10.0. The Morgan fingerprint density at radius 3 is 2.80 bits per heavy atom. The Balaban J connectivity index is 2.20. The van der Waals surface area contributed by atoms with Crippen molar-refractivity contribution in [2.75, 3.05) is 13.1 Å². The van der Waals surface area contributed by atoms with Crippen LogP contribution in [0.5, 0.6) is 0 Å². The molecule has 7 heteroatoms. The maximum Gasteiger partial charge on any atom is 0.271 e. The predicted octanol–water partition coefficient (Wildman–Crippen LogP) is 2.20. The van der Waals surface area contributed by atoms with Crippen molar-refractivity contribution in [2.45, 2.75) is 19.4 Å². The highest BCUT2D eigenvalue weighted by Gasteiger charge is 2.30. The van der Waals surface area contributed by atoms with Gasteiger partial charge in [0, 0.05) is 41.2 Å². The van der Waals surface area contributed by atoms with Gasteiger partial charge in [-0.15, -0.1) is 0 Å². The fourth-order valence-electron chi connectivity index (χ4n) is 2.35. The van der Waals surface area contributed by atoms with E-state index >= 15 is 0 Å². The van der Waals surface area contributed by atoms with Gasteiger partial charge in [-0.2, -0.15) is 0 Å². The number of aliphatic hydroxyl groups is 1. The molecule has 1 aromatic rings. The second kappa shape index (κ2) is 5.88. The van der Waals surface area contributed by atoms with E-state index in [4.69, 9.17) is 0 Å². The average molecular weight is 343 g/mol. The van der Waals surface area contributed by atoms with E-state index in [9.17, 15) is 20.0 Å². The maximum absolute atomic E-state index is 12.3. The Morgan fingerprint density at radius 2 is 2.25 bits per heavy atom. The zero-order valence-electron chi connectivity index (χ0n) is 11.0. The van der Waals surface area contributed by atoms with Crippen LogP contribution in [-0.2, 0) is 0 Å². The lowest BCUT2D eigenvalue weighted by molar-refractivity contribution is -0.385. The molecule has 2 atom stereocenters. The first-order valence-corrected chi connectivity index (χ1v) is 7.10. The smallest absolute Gasteiger partial charge is 0.271 e. The van der Waals surface area contributed by atoms with Gasteiger partial charge in [0.05, 0.1) is 11.0 Å². The Hall–Kier alpha value is -1.47. The van der Waals surface area contributed by atoms with Gasteiger partial charge in [0.2, 0.25) is 0 Å². The molecule has 1 saturated heterocycles. The summed E-state index contributed by atoms with van der Waals surface area (Å²) in [4.78, 5) is 24.3. The molecule has 2 unspecified atom stereocenters. The van der Waals surface area contributed by atoms with Crippen molar-refractivity contribution in [3.63, 3.8) is 0 Å². The lowest BCUT2D eigenvalue weighted by Gasteiger charge is -2.17. The first kappa shape index (κ1) is 14.9. The number of rotatable bonds is 3. The minimum Gasteiger partial charge on any atom is -0.393 e. The van der Waals surface area contributed by atoms with Crippen molar-refractivity contribution in [3.05, 3.63) is 38.3 Å². The normalized spacial score (nSPS) is 19.9. The van der Waals surface area contributed by atoms with E-state index in [0.29, 0.717) is 17.6 Å². The topological polar surface area (TPSA) is 83.7 Å². The standard InChI is InChI=1S/C13H15BrN2O4/c1-8(17)9-2-3-15(7-9)13(18)10-4-11(14)6-12(5-10)16(19)20/h4-6,8-9,17H,2-3,7H2,1H3. The van der Waals surface area contributed by atoms with Gasteiger partial charge in [0.15, 0.2) is 0 Å². The van der Waals surface area contributed by atoms with Crippen LogP contribution in [0.4, 0.5) is 5.69 Å². The third-order valence-corrected chi connectivity index (χ3v) is 3.99. The molecule has 0 radical (unpaired) electrons. The Bertz CT molecular complexity index is 547. The molecule has 1 heterocycles. The maximum atomic E-state index is 12.3. The van der Waals surface area contributed by atoms with E-state index in [1.165, 1.54) is 12.1 Å². The minimum absolute atomic E-state index is 0.0705. The molecule has 6 nitrogen and oxygen atoms in total. The molecule has 2 rings (SSSR count). The van der Waals surface area contributed by atoms with Gasteiger partial charge in [-0.3, -0.25) is 14.9 Å². The Labute approximate surface area is 124 Å². The van der Waals surface area contributed by atoms with Gasteiger partial charge in [0.1, 0.15) is 0 Å². The molecule has 1 aromatic carbocycles. The number of likely N-dealkylation sites (tertiary alicyclic amines) is 1. The number of amides is 1. The molecule has 0 spiro atoms. The largest absolute Gasteiger partial charge is 0.393 e. The molecular weight excluding hydrogens is 328 g/mol. The Kier molecular flexibility index (Phi) is 4.39. The van der Waals surface area contributed by atoms with Gasteiger partial charge in [-0.05, 0) is 19.4 Å². The van der Waals surface area contributed by atoms with Crippen LogP contribution >= 0.6 is 15.9 Å². The Morgan fingerprint density at radius 1 is 1.55 bits per heavy atom. The van der Waals surface area contributed by atoms with E-state index < -0.39 is 11.0 Å². The minimum atomic E-state index is -0.524. The fourth-order valence-corrected chi connectivity index (χ4v) is 2.83. The van der Waals surface area contributed by atoms with Crippen molar-refractivity contribution < 1.29 is 14.8 Å². The van der Waals surface area contributed by atoms with Crippen LogP contribution in [0.3, 0.4) is 0 Å². The van der Waals surface area contributed by atoms with Crippen LogP contribution in [-0.4, -0.2) is 40.0 Å². The molecule has 20 heavy (non-hydrogen) atoms. The van der Waals surface area contributed by atoms with E-state index in [1.54, 1.807) is 17.9 Å². The summed E-state index contributed by atoms with van der Waals surface area (Å²) in [6.07, 6.45) is 0.295. The van der Waals surface area contributed by atoms with E-state index in [2.05, 4.69) is 15.9 Å². The molecule has 0 bridgehead atoms. The van der Waals surface area contributed by atoms with Gasteiger partial charge in [-0.1, -0.05) is 15.9 Å². The number of hydrogen-bond donors (Lipinski definition) is 1. The predicted molar refractivity (Wildman–Crippen MR) is 76.5 cm³/mol. The molecule has 0 aromatic heterocycles. The summed E-state index contributed by atoms with van der Waals surface area (Å²) in [5.74, 6) is -0.168. The molecule has 1 fully saturated rings. The van der Waals surface area contributed by atoms with Crippen molar-refractivity contribution in [1.29, 1.82) is 0 Å². The van der Waals surface area contributed by atoms with Crippen LogP contribution in [0.15, 0.2) is 22.7 Å². The summed E-state index contributed by atoms with van der Waals surface area (Å²) in [5.41, 5.74) is 0.173. The molecule has 1 N–H and O–H groups in total. The zero-order chi connectivity index (χ0) is 14.9. The van der Waals surface area contributed by atoms with Gasteiger partial charge < -0.3 is 10.0 Å². The van der Waals surface area contributed by atoms with E-state index in [-0.39, 0.29) is 23.1 Å². The number of nitro groups is 1. The second-order valence-corrected chi connectivity index (χ2v) is 5.91. The van der Waals surface area contributed by atoms with Crippen molar-refractivity contribution in [3.8, 4) is 0 Å². The summed E-state index contributed by atoms with van der Waals surface area (Å²) in [6.45, 7) is 2.76. The van der Waals surface area contributed by atoms with Crippen LogP contribution in [0.2, 0.25) is 0 Å². The monoisotopic (exact) mass is 342 g/mol. The molecule has 1 aliphatic heterocycles. The third kappa shape index (κ3) is 3.16. The molecule has 108 valence electrons. The van der Waals surface area contributed by atoms with E-state index in [0.717, 1.165) is 6.42 Å². The third-order valence-electron chi connectivity index (χ3n) is 3.53. The first-order valence-electron chi connectivity index (χ1n) is 6.31. The highest BCUT2D eigenvalue weighted by atomic mass is 79.9. The number of nitrogens with zero attached hydrogens (tertiary/aromatic N) is 2. The number of hydrogen-bond acceptors (Lipinski definition) is 4. The van der Waals surface area contributed by atoms with Crippen LogP contribution in [0.25, 0.3) is 0 Å². The summed E-state index contributed by atoms with van der Waals surface area (Å²) in [5, 5.41) is 20.4. The number of aliphatic hydroxyl groups excluding tert-OH is 1. The van der Waals surface area contributed by atoms with Gasteiger partial charge in [-0.25, -0.2) is 0 Å². The van der Waals surface area contributed by atoms with Crippen LogP contribution < -0.4 is 0 Å². The molecule has 0 aliphatic carbocycles. The highest BCUT2D eigenvalue weighted by Crippen LogP contribution is 2.25. The second-order valence-electron chi connectivity index (χ2n) is 5.00. The zero-order valence-corrected chi connectivity index (χ0v) is 12.5. The van der Waals surface area contributed by atoms with Crippen LogP contribution in [0, 0.1) is 16.0 Å². The number of carbonyl (C=O) groups is 1.